The minimum absolute atomic E-state index is 0.0596. The van der Waals surface area contributed by atoms with Crippen LogP contribution in [0.3, 0.4) is 0 Å². The molecular formula is C28H39N3O5. The molecule has 0 spiro atoms. The van der Waals surface area contributed by atoms with Crippen molar-refractivity contribution >= 4 is 17.7 Å². The highest BCUT2D eigenvalue weighted by Gasteiger charge is 2.38. The summed E-state index contributed by atoms with van der Waals surface area (Å²) in [6.07, 6.45) is 6.40. The molecule has 8 nitrogen and oxygen atoms in total. The fourth-order valence-electron chi connectivity index (χ4n) is 5.44. The van der Waals surface area contributed by atoms with Gasteiger partial charge in [-0.15, -0.1) is 0 Å². The van der Waals surface area contributed by atoms with Crippen LogP contribution in [0, 0.1) is 11.8 Å². The van der Waals surface area contributed by atoms with Crippen molar-refractivity contribution in [1.82, 2.24) is 15.1 Å². The summed E-state index contributed by atoms with van der Waals surface area (Å²) in [5, 5.41) is 3.06. The van der Waals surface area contributed by atoms with Crippen molar-refractivity contribution in [3.8, 4) is 5.75 Å². The van der Waals surface area contributed by atoms with Crippen LogP contribution >= 0.6 is 0 Å². The number of methoxy groups -OCH3 is 1. The van der Waals surface area contributed by atoms with Crippen LogP contribution in [0.25, 0.3) is 0 Å². The first-order valence-corrected chi connectivity index (χ1v) is 13.2. The van der Waals surface area contributed by atoms with Gasteiger partial charge in [-0.25, -0.2) is 0 Å². The summed E-state index contributed by atoms with van der Waals surface area (Å²) in [5.74, 6) is 0.438. The molecule has 0 radical (unpaired) electrons. The lowest BCUT2D eigenvalue weighted by molar-refractivity contribution is -0.139. The molecule has 8 heteroatoms. The summed E-state index contributed by atoms with van der Waals surface area (Å²) >= 11 is 0. The number of carbonyl (C=O) groups excluding carboxylic acids is 3. The third-order valence-electron chi connectivity index (χ3n) is 7.71. The lowest BCUT2D eigenvalue weighted by Crippen LogP contribution is -2.46. The number of allylic oxidation sites excluding steroid dienone is 1. The first-order valence-electron chi connectivity index (χ1n) is 13.2. The van der Waals surface area contributed by atoms with Crippen molar-refractivity contribution in [2.24, 2.45) is 11.8 Å². The first kappa shape index (κ1) is 26.2. The second kappa shape index (κ2) is 12.4. The van der Waals surface area contributed by atoms with Gasteiger partial charge in [0.25, 0.3) is 5.91 Å². The fourth-order valence-corrected chi connectivity index (χ4v) is 5.44. The Hall–Kier alpha value is -2.87. The van der Waals surface area contributed by atoms with E-state index in [0.717, 1.165) is 24.2 Å². The third-order valence-corrected chi connectivity index (χ3v) is 7.71. The Labute approximate surface area is 214 Å². The van der Waals surface area contributed by atoms with Gasteiger partial charge in [-0.3, -0.25) is 14.4 Å². The predicted octanol–water partition coefficient (Wildman–Crippen LogP) is 3.26. The topological polar surface area (TPSA) is 88.2 Å². The van der Waals surface area contributed by atoms with Crippen LogP contribution in [0.4, 0.5) is 0 Å². The van der Waals surface area contributed by atoms with Crippen LogP contribution in [0.5, 0.6) is 5.75 Å². The van der Waals surface area contributed by atoms with E-state index in [1.54, 1.807) is 16.9 Å². The molecule has 1 aromatic rings. The van der Waals surface area contributed by atoms with E-state index in [1.165, 1.54) is 19.3 Å². The lowest BCUT2D eigenvalue weighted by Gasteiger charge is -2.37. The van der Waals surface area contributed by atoms with Crippen LogP contribution in [0.15, 0.2) is 35.5 Å². The molecule has 2 heterocycles. The molecule has 1 saturated heterocycles. The van der Waals surface area contributed by atoms with Gasteiger partial charge in [0.1, 0.15) is 5.75 Å². The Morgan fingerprint density at radius 1 is 1.08 bits per heavy atom. The smallest absolute Gasteiger partial charge is 0.251 e. The Morgan fingerprint density at radius 3 is 2.44 bits per heavy atom. The van der Waals surface area contributed by atoms with Gasteiger partial charge >= 0.3 is 0 Å². The standard InChI is InChI=1S/C28H39N3O5/c1-20-25(28(34)30-12-14-36-15-13-30)16-23(17-26(32)29-18-21-6-4-3-5-7-21)27(33)31(20)19-22-8-10-24(35-2)11-9-22/h8-11,21,23H,3-7,12-19H2,1-2H3,(H,29,32). The van der Waals surface area contributed by atoms with Gasteiger partial charge in [-0.1, -0.05) is 31.4 Å². The maximum absolute atomic E-state index is 13.6. The number of benzene rings is 1. The average Bonchev–Trinajstić information content (AvgIpc) is 2.92. The monoisotopic (exact) mass is 497 g/mol. The van der Waals surface area contributed by atoms with Crippen molar-refractivity contribution in [1.29, 1.82) is 0 Å². The number of amides is 3. The highest BCUT2D eigenvalue weighted by atomic mass is 16.5. The summed E-state index contributed by atoms with van der Waals surface area (Å²) in [4.78, 5) is 43.4. The molecule has 36 heavy (non-hydrogen) atoms. The maximum Gasteiger partial charge on any atom is 0.251 e. The second-order valence-corrected chi connectivity index (χ2v) is 10.2. The summed E-state index contributed by atoms with van der Waals surface area (Å²) in [6.45, 7) is 4.95. The van der Waals surface area contributed by atoms with Gasteiger partial charge in [0.2, 0.25) is 11.8 Å². The molecular weight excluding hydrogens is 458 g/mol. The second-order valence-electron chi connectivity index (χ2n) is 10.2. The van der Waals surface area contributed by atoms with Crippen molar-refractivity contribution < 1.29 is 23.9 Å². The zero-order chi connectivity index (χ0) is 25.5. The highest BCUT2D eigenvalue weighted by molar-refractivity contribution is 5.98. The number of nitrogens with zero attached hydrogens (tertiary/aromatic N) is 2. The molecule has 0 aromatic heterocycles. The van der Waals surface area contributed by atoms with Gasteiger partial charge in [0.15, 0.2) is 0 Å². The molecule has 1 saturated carbocycles. The molecule has 4 rings (SSSR count). The van der Waals surface area contributed by atoms with E-state index >= 15 is 0 Å². The van der Waals surface area contributed by atoms with Crippen molar-refractivity contribution in [3.63, 3.8) is 0 Å². The van der Waals surface area contributed by atoms with E-state index in [0.29, 0.717) is 56.6 Å². The van der Waals surface area contributed by atoms with Gasteiger partial charge in [0.05, 0.1) is 32.8 Å². The number of morpholine rings is 1. The van der Waals surface area contributed by atoms with E-state index in [4.69, 9.17) is 9.47 Å². The first-order chi connectivity index (χ1) is 17.5. The number of ether oxygens (including phenoxy) is 2. The minimum atomic E-state index is -0.557. The van der Waals surface area contributed by atoms with E-state index in [9.17, 15) is 14.4 Å². The van der Waals surface area contributed by atoms with Crippen LogP contribution in [-0.4, -0.2) is 67.5 Å². The number of hydrogen-bond acceptors (Lipinski definition) is 5. The van der Waals surface area contributed by atoms with Gasteiger partial charge in [-0.2, -0.15) is 0 Å². The summed E-state index contributed by atoms with van der Waals surface area (Å²) in [6, 6.07) is 7.56. The minimum Gasteiger partial charge on any atom is -0.497 e. The number of hydrogen-bond donors (Lipinski definition) is 1. The molecule has 2 fully saturated rings. The van der Waals surface area contributed by atoms with Crippen LogP contribution in [0.1, 0.15) is 57.4 Å². The van der Waals surface area contributed by atoms with Crippen LogP contribution in [-0.2, 0) is 25.7 Å². The van der Waals surface area contributed by atoms with Crippen molar-refractivity contribution in [3.05, 3.63) is 41.1 Å². The molecule has 1 aliphatic carbocycles. The summed E-state index contributed by atoms with van der Waals surface area (Å²) in [7, 11) is 1.61. The van der Waals surface area contributed by atoms with Gasteiger partial charge < -0.3 is 24.6 Å². The molecule has 0 bridgehead atoms. The fraction of sp³-hybridized carbons (Fsp3) is 0.607. The highest BCUT2D eigenvalue weighted by Crippen LogP contribution is 2.32. The Kier molecular flexibility index (Phi) is 9.02. The van der Waals surface area contributed by atoms with E-state index in [-0.39, 0.29) is 30.6 Å². The number of carbonyl (C=O) groups is 3. The molecule has 1 N–H and O–H groups in total. The molecule has 1 unspecified atom stereocenters. The van der Waals surface area contributed by atoms with Gasteiger partial charge in [0, 0.05) is 37.3 Å². The summed E-state index contributed by atoms with van der Waals surface area (Å²) in [5.41, 5.74) is 2.23. The van der Waals surface area contributed by atoms with Crippen LogP contribution < -0.4 is 10.1 Å². The number of nitrogens with one attached hydrogen (secondary N) is 1. The molecule has 196 valence electrons. The maximum atomic E-state index is 13.6. The largest absolute Gasteiger partial charge is 0.497 e. The SMILES string of the molecule is COc1ccc(CN2C(=O)C(CC(=O)NCC3CCCCC3)CC(C(=O)N3CCOCC3)=C2C)cc1. The van der Waals surface area contributed by atoms with E-state index < -0.39 is 5.92 Å². The Morgan fingerprint density at radius 2 is 1.78 bits per heavy atom. The third kappa shape index (κ3) is 6.46. The predicted molar refractivity (Wildman–Crippen MR) is 136 cm³/mol. The summed E-state index contributed by atoms with van der Waals surface area (Å²) < 4.78 is 10.7. The van der Waals surface area contributed by atoms with E-state index in [2.05, 4.69) is 5.32 Å². The zero-order valence-corrected chi connectivity index (χ0v) is 21.6. The molecule has 2 aliphatic heterocycles. The lowest BCUT2D eigenvalue weighted by atomic mass is 9.87. The molecule has 3 amide bonds. The number of rotatable bonds is 8. The molecule has 3 aliphatic rings. The van der Waals surface area contributed by atoms with E-state index in [1.807, 2.05) is 31.2 Å². The average molecular weight is 498 g/mol. The zero-order valence-electron chi connectivity index (χ0n) is 21.6. The van der Waals surface area contributed by atoms with Crippen molar-refractivity contribution in [2.75, 3.05) is 40.0 Å². The molecule has 1 aromatic carbocycles. The normalized spacial score (nSPS) is 21.5. The quantitative estimate of drug-likeness (QED) is 0.596. The Bertz CT molecular complexity index is 962. The van der Waals surface area contributed by atoms with Crippen LogP contribution in [0.2, 0.25) is 0 Å². The molecule has 1 atom stereocenters. The van der Waals surface area contributed by atoms with Crippen molar-refractivity contribution in [2.45, 2.75) is 58.4 Å². The Balaban J connectivity index is 1.50. The van der Waals surface area contributed by atoms with Gasteiger partial charge in [-0.05, 0) is 49.8 Å².